The maximum absolute atomic E-state index is 12.9. The smallest absolute Gasteiger partial charge is 0.227 e. The lowest BCUT2D eigenvalue weighted by molar-refractivity contribution is -0.137. The molecule has 0 saturated carbocycles. The summed E-state index contributed by atoms with van der Waals surface area (Å²) in [7, 11) is 0. The molecule has 0 bridgehead atoms. The molecule has 1 aromatic carbocycles. The minimum atomic E-state index is -0.254. The maximum Gasteiger partial charge on any atom is 0.227 e. The average molecular weight is 430 g/mol. The van der Waals surface area contributed by atoms with Gasteiger partial charge in [-0.15, -0.1) is 0 Å². The fourth-order valence-corrected chi connectivity index (χ4v) is 4.26. The van der Waals surface area contributed by atoms with Gasteiger partial charge in [-0.05, 0) is 52.2 Å². The molecule has 0 aliphatic carbocycles. The number of hydrogen-bond donors (Lipinski definition) is 1. The molecule has 2 saturated heterocycles. The zero-order chi connectivity index (χ0) is 22.4. The molecule has 1 unspecified atom stereocenters. The third-order valence-corrected chi connectivity index (χ3v) is 6.02. The molecule has 31 heavy (non-hydrogen) atoms. The van der Waals surface area contributed by atoms with Crippen LogP contribution < -0.4 is 10.1 Å². The lowest BCUT2D eigenvalue weighted by Crippen LogP contribution is -2.48. The van der Waals surface area contributed by atoms with E-state index in [9.17, 15) is 14.4 Å². The van der Waals surface area contributed by atoms with Crippen LogP contribution in [0, 0.1) is 5.92 Å². The van der Waals surface area contributed by atoms with Crippen LogP contribution in [-0.4, -0.2) is 65.3 Å². The zero-order valence-corrected chi connectivity index (χ0v) is 18.9. The highest BCUT2D eigenvalue weighted by Gasteiger charge is 2.41. The van der Waals surface area contributed by atoms with Gasteiger partial charge >= 0.3 is 0 Å². The number of nitrogens with zero attached hydrogens (tertiary/aromatic N) is 2. The number of nitrogens with one attached hydrogen (secondary N) is 1. The number of piperidine rings is 1. The van der Waals surface area contributed by atoms with Crippen molar-refractivity contribution in [3.8, 4) is 5.75 Å². The van der Waals surface area contributed by atoms with E-state index in [0.29, 0.717) is 45.5 Å². The molecule has 1 N–H and O–H groups in total. The monoisotopic (exact) mass is 429 g/mol. The molecule has 2 aliphatic heterocycles. The fourth-order valence-electron chi connectivity index (χ4n) is 4.26. The number of benzene rings is 1. The van der Waals surface area contributed by atoms with E-state index in [-0.39, 0.29) is 35.2 Å². The molecule has 3 rings (SSSR count). The molecule has 0 radical (unpaired) electrons. The summed E-state index contributed by atoms with van der Waals surface area (Å²) in [4.78, 5) is 41.1. The Morgan fingerprint density at radius 2 is 1.81 bits per heavy atom. The van der Waals surface area contributed by atoms with E-state index >= 15 is 0 Å². The Balaban J connectivity index is 1.34. The van der Waals surface area contributed by atoms with Gasteiger partial charge in [0.2, 0.25) is 17.7 Å². The normalized spacial score (nSPS) is 20.1. The first kappa shape index (κ1) is 23.1. The number of carbonyl (C=O) groups excluding carboxylic acids is 3. The van der Waals surface area contributed by atoms with Crippen molar-refractivity contribution in [2.45, 2.75) is 64.5 Å². The summed E-state index contributed by atoms with van der Waals surface area (Å²) in [5, 5.41) is 3.09. The summed E-state index contributed by atoms with van der Waals surface area (Å²) >= 11 is 0. The van der Waals surface area contributed by atoms with E-state index in [1.165, 1.54) is 0 Å². The number of rotatable bonds is 7. The van der Waals surface area contributed by atoms with E-state index in [1.807, 2.05) is 60.9 Å². The number of para-hydroxylation sites is 1. The summed E-state index contributed by atoms with van der Waals surface area (Å²) in [6.45, 7) is 8.26. The van der Waals surface area contributed by atoms with Crippen LogP contribution in [0.15, 0.2) is 30.3 Å². The van der Waals surface area contributed by atoms with Crippen molar-refractivity contribution in [1.82, 2.24) is 15.1 Å². The summed E-state index contributed by atoms with van der Waals surface area (Å²) in [6.07, 6.45) is 2.90. The van der Waals surface area contributed by atoms with Crippen LogP contribution in [0.5, 0.6) is 5.75 Å². The maximum atomic E-state index is 12.9. The number of amides is 3. The van der Waals surface area contributed by atoms with Crippen molar-refractivity contribution in [3.05, 3.63) is 30.3 Å². The van der Waals surface area contributed by atoms with E-state index < -0.39 is 0 Å². The summed E-state index contributed by atoms with van der Waals surface area (Å²) in [5.74, 6) is 0.729. The average Bonchev–Trinajstić information content (AvgIpc) is 3.14. The molecule has 0 aromatic heterocycles. The molecule has 2 fully saturated rings. The summed E-state index contributed by atoms with van der Waals surface area (Å²) < 4.78 is 5.62. The Labute approximate surface area is 185 Å². The van der Waals surface area contributed by atoms with Crippen LogP contribution in [0.4, 0.5) is 0 Å². The Kier molecular flexibility index (Phi) is 7.57. The van der Waals surface area contributed by atoms with E-state index in [4.69, 9.17) is 4.74 Å². The van der Waals surface area contributed by atoms with Crippen molar-refractivity contribution in [1.29, 1.82) is 0 Å². The molecular weight excluding hydrogens is 394 g/mol. The molecule has 170 valence electrons. The standard InChI is InChI=1S/C24H35N3O4/c1-24(2,3)27-17-18(16-22(27)29)23(30)26-13-11-19(12-14-26)25-21(28)10-7-15-31-20-8-5-4-6-9-20/h4-6,8-9,18-19H,7,10-17H2,1-3H3,(H,25,28). The molecule has 1 aromatic rings. The number of hydrogen-bond acceptors (Lipinski definition) is 4. The minimum absolute atomic E-state index is 0.0312. The molecule has 3 amide bonds. The van der Waals surface area contributed by atoms with Gasteiger partial charge in [-0.25, -0.2) is 0 Å². The molecule has 2 aliphatic rings. The highest BCUT2D eigenvalue weighted by molar-refractivity contribution is 5.89. The predicted molar refractivity (Wildman–Crippen MR) is 118 cm³/mol. The predicted octanol–water partition coefficient (Wildman–Crippen LogP) is 2.60. The van der Waals surface area contributed by atoms with E-state index in [2.05, 4.69) is 5.32 Å². The third-order valence-electron chi connectivity index (χ3n) is 6.02. The highest BCUT2D eigenvalue weighted by atomic mass is 16.5. The second-order valence-electron chi connectivity index (χ2n) is 9.51. The van der Waals surface area contributed by atoms with Crippen molar-refractivity contribution >= 4 is 17.7 Å². The van der Waals surface area contributed by atoms with Crippen LogP contribution in [0.2, 0.25) is 0 Å². The van der Waals surface area contributed by atoms with Crippen molar-refractivity contribution in [3.63, 3.8) is 0 Å². The van der Waals surface area contributed by atoms with Crippen molar-refractivity contribution < 1.29 is 19.1 Å². The van der Waals surface area contributed by atoms with E-state index in [0.717, 1.165) is 18.6 Å². The summed E-state index contributed by atoms with van der Waals surface area (Å²) in [6, 6.07) is 9.68. The van der Waals surface area contributed by atoms with Crippen molar-refractivity contribution in [2.75, 3.05) is 26.2 Å². The minimum Gasteiger partial charge on any atom is -0.494 e. The zero-order valence-electron chi connectivity index (χ0n) is 18.9. The first-order valence-electron chi connectivity index (χ1n) is 11.3. The number of ether oxygens (including phenoxy) is 1. The molecule has 7 nitrogen and oxygen atoms in total. The van der Waals surface area contributed by atoms with Gasteiger partial charge in [0.1, 0.15) is 5.75 Å². The van der Waals surface area contributed by atoms with Crippen LogP contribution in [0.25, 0.3) is 0 Å². The lowest BCUT2D eigenvalue weighted by Gasteiger charge is -2.35. The van der Waals surface area contributed by atoms with Crippen LogP contribution in [0.3, 0.4) is 0 Å². The van der Waals surface area contributed by atoms with Gasteiger partial charge in [0.05, 0.1) is 12.5 Å². The molecule has 1 atom stereocenters. The highest BCUT2D eigenvalue weighted by Crippen LogP contribution is 2.28. The molecular formula is C24H35N3O4. The Morgan fingerprint density at radius 3 is 2.42 bits per heavy atom. The molecule has 2 heterocycles. The lowest BCUT2D eigenvalue weighted by atomic mass is 10.0. The Hall–Kier alpha value is -2.57. The Bertz CT molecular complexity index is 767. The third kappa shape index (κ3) is 6.45. The fraction of sp³-hybridized carbons (Fsp3) is 0.625. The molecule has 7 heteroatoms. The van der Waals surface area contributed by atoms with Crippen LogP contribution in [-0.2, 0) is 14.4 Å². The SMILES string of the molecule is CC(C)(C)N1CC(C(=O)N2CCC(NC(=O)CCCOc3ccccc3)CC2)CC1=O. The second kappa shape index (κ2) is 10.2. The molecule has 0 spiro atoms. The van der Waals surface area contributed by atoms with Gasteiger partial charge in [0.25, 0.3) is 0 Å². The first-order valence-corrected chi connectivity index (χ1v) is 11.3. The van der Waals surface area contributed by atoms with Crippen molar-refractivity contribution in [2.24, 2.45) is 5.92 Å². The second-order valence-corrected chi connectivity index (χ2v) is 9.51. The quantitative estimate of drug-likeness (QED) is 0.676. The van der Waals surface area contributed by atoms with E-state index in [1.54, 1.807) is 0 Å². The largest absolute Gasteiger partial charge is 0.494 e. The van der Waals surface area contributed by atoms with Crippen LogP contribution >= 0.6 is 0 Å². The van der Waals surface area contributed by atoms with Gasteiger partial charge < -0.3 is 19.9 Å². The Morgan fingerprint density at radius 1 is 1.13 bits per heavy atom. The van der Waals surface area contributed by atoms with Crippen LogP contribution in [0.1, 0.15) is 52.9 Å². The van der Waals surface area contributed by atoms with Gasteiger partial charge in [-0.3, -0.25) is 14.4 Å². The van der Waals surface area contributed by atoms with Gasteiger partial charge in [-0.1, -0.05) is 18.2 Å². The topological polar surface area (TPSA) is 79.0 Å². The van der Waals surface area contributed by atoms with Gasteiger partial charge in [0.15, 0.2) is 0 Å². The van der Waals surface area contributed by atoms with Gasteiger partial charge in [-0.2, -0.15) is 0 Å². The summed E-state index contributed by atoms with van der Waals surface area (Å²) in [5.41, 5.74) is -0.254. The van der Waals surface area contributed by atoms with Gasteiger partial charge in [0, 0.05) is 44.1 Å². The first-order chi connectivity index (χ1) is 14.7. The number of carbonyl (C=O) groups is 3. The number of likely N-dealkylation sites (tertiary alicyclic amines) is 2.